The number of alkyl halides is 3. The van der Waals surface area contributed by atoms with E-state index in [2.05, 4.69) is 11.4 Å². The molecule has 6 heteroatoms. The number of carbonyl (C=O) groups excluding carboxylic acids is 1. The zero-order valence-electron chi connectivity index (χ0n) is 16.1. The molecule has 1 amide bonds. The highest BCUT2D eigenvalue weighted by Gasteiger charge is 2.31. The third kappa shape index (κ3) is 4.93. The predicted octanol–water partition coefficient (Wildman–Crippen LogP) is 4.78. The first-order valence-electron chi connectivity index (χ1n) is 9.48. The molecule has 150 valence electrons. The minimum absolute atomic E-state index is 0.0601. The van der Waals surface area contributed by atoms with E-state index in [0.29, 0.717) is 31.6 Å². The maximum absolute atomic E-state index is 13.1. The van der Waals surface area contributed by atoms with Crippen molar-refractivity contribution in [2.24, 2.45) is 0 Å². The van der Waals surface area contributed by atoms with Crippen LogP contribution in [0.3, 0.4) is 0 Å². The summed E-state index contributed by atoms with van der Waals surface area (Å²) in [4.78, 5) is 13.8. The van der Waals surface area contributed by atoms with E-state index in [0.717, 1.165) is 18.1 Å². The van der Waals surface area contributed by atoms with Crippen LogP contribution in [-0.4, -0.2) is 23.9 Å². The fourth-order valence-corrected chi connectivity index (χ4v) is 3.49. The Morgan fingerprint density at radius 2 is 1.89 bits per heavy atom. The van der Waals surface area contributed by atoms with Gasteiger partial charge in [-0.2, -0.15) is 13.2 Å². The number of nitrogens with zero attached hydrogens (tertiary/aromatic N) is 1. The number of likely N-dealkylation sites (tertiary alicyclic amines) is 1. The molecule has 3 rings (SSSR count). The van der Waals surface area contributed by atoms with Crippen molar-refractivity contribution in [1.82, 2.24) is 10.2 Å². The molecule has 1 N–H and O–H groups in total. The van der Waals surface area contributed by atoms with E-state index in [9.17, 15) is 18.0 Å². The van der Waals surface area contributed by atoms with Gasteiger partial charge in [-0.05, 0) is 54.7 Å². The molecule has 28 heavy (non-hydrogen) atoms. The Balaban J connectivity index is 1.82. The number of rotatable bonds is 6. The third-order valence-electron chi connectivity index (χ3n) is 5.31. The maximum atomic E-state index is 13.1. The number of hydrogen-bond acceptors (Lipinski definition) is 2. The van der Waals surface area contributed by atoms with Crippen molar-refractivity contribution in [2.75, 3.05) is 13.1 Å². The van der Waals surface area contributed by atoms with E-state index >= 15 is 0 Å². The number of halogens is 3. The quantitative estimate of drug-likeness (QED) is 0.770. The molecule has 0 bridgehead atoms. The van der Waals surface area contributed by atoms with E-state index in [1.54, 1.807) is 11.0 Å². The molecule has 2 aromatic rings. The SMILES string of the molecule is Cc1ccc(CNC(CN2CCCC2=O)c2cccc(C(F)(F)F)c2)cc1C. The summed E-state index contributed by atoms with van der Waals surface area (Å²) in [5, 5.41) is 3.36. The molecule has 3 nitrogen and oxygen atoms in total. The molecule has 0 radical (unpaired) electrons. The van der Waals surface area contributed by atoms with E-state index < -0.39 is 11.7 Å². The van der Waals surface area contributed by atoms with Crippen molar-refractivity contribution in [3.63, 3.8) is 0 Å². The van der Waals surface area contributed by atoms with Crippen LogP contribution >= 0.6 is 0 Å². The molecular weight excluding hydrogens is 365 g/mol. The van der Waals surface area contributed by atoms with E-state index in [1.807, 2.05) is 26.0 Å². The topological polar surface area (TPSA) is 32.3 Å². The predicted molar refractivity (Wildman–Crippen MR) is 103 cm³/mol. The lowest BCUT2D eigenvalue weighted by Gasteiger charge is -2.26. The largest absolute Gasteiger partial charge is 0.416 e. The Kier molecular flexibility index (Phi) is 6.08. The smallest absolute Gasteiger partial charge is 0.341 e. The van der Waals surface area contributed by atoms with Crippen LogP contribution in [0.25, 0.3) is 0 Å². The molecule has 1 aliphatic heterocycles. The van der Waals surface area contributed by atoms with Gasteiger partial charge in [0.1, 0.15) is 0 Å². The van der Waals surface area contributed by atoms with E-state index in [4.69, 9.17) is 0 Å². The molecule has 0 saturated carbocycles. The number of amides is 1. The Labute approximate surface area is 163 Å². The van der Waals surface area contributed by atoms with Gasteiger partial charge in [-0.25, -0.2) is 0 Å². The summed E-state index contributed by atoms with van der Waals surface area (Å²) >= 11 is 0. The zero-order valence-corrected chi connectivity index (χ0v) is 16.1. The highest BCUT2D eigenvalue weighted by atomic mass is 19.4. The fourth-order valence-electron chi connectivity index (χ4n) is 3.49. The summed E-state index contributed by atoms with van der Waals surface area (Å²) in [6, 6.07) is 11.1. The standard InChI is InChI=1S/C22H25F3N2O/c1-15-8-9-17(11-16(15)2)13-26-20(14-27-10-4-7-21(27)28)18-5-3-6-19(12-18)22(23,24)25/h3,5-6,8-9,11-12,20,26H,4,7,10,13-14H2,1-2H3. The van der Waals surface area contributed by atoms with Crippen LogP contribution in [0, 0.1) is 13.8 Å². The first-order valence-corrected chi connectivity index (χ1v) is 9.48. The number of hydrogen-bond donors (Lipinski definition) is 1. The molecule has 0 aliphatic carbocycles. The Morgan fingerprint density at radius 3 is 2.54 bits per heavy atom. The van der Waals surface area contributed by atoms with Gasteiger partial charge in [0.2, 0.25) is 5.91 Å². The van der Waals surface area contributed by atoms with Crippen LogP contribution in [0.5, 0.6) is 0 Å². The van der Waals surface area contributed by atoms with Crippen molar-refractivity contribution < 1.29 is 18.0 Å². The summed E-state index contributed by atoms with van der Waals surface area (Å²) in [7, 11) is 0. The highest BCUT2D eigenvalue weighted by Crippen LogP contribution is 2.31. The second-order valence-electron chi connectivity index (χ2n) is 7.42. The molecule has 2 aromatic carbocycles. The maximum Gasteiger partial charge on any atom is 0.416 e. The van der Waals surface area contributed by atoms with Gasteiger partial charge in [0.25, 0.3) is 0 Å². The van der Waals surface area contributed by atoms with Crippen LogP contribution in [-0.2, 0) is 17.5 Å². The minimum atomic E-state index is -4.39. The minimum Gasteiger partial charge on any atom is -0.341 e. The molecule has 0 spiro atoms. The van der Waals surface area contributed by atoms with Crippen molar-refractivity contribution >= 4 is 5.91 Å². The van der Waals surface area contributed by atoms with Crippen molar-refractivity contribution in [1.29, 1.82) is 0 Å². The molecule has 1 saturated heterocycles. The summed E-state index contributed by atoms with van der Waals surface area (Å²) in [5.74, 6) is 0.0601. The number of nitrogens with one attached hydrogen (secondary N) is 1. The normalized spacial score (nSPS) is 15.9. The highest BCUT2D eigenvalue weighted by molar-refractivity contribution is 5.78. The van der Waals surface area contributed by atoms with Gasteiger partial charge in [0.05, 0.1) is 11.6 Å². The van der Waals surface area contributed by atoms with Gasteiger partial charge in [-0.3, -0.25) is 4.79 Å². The van der Waals surface area contributed by atoms with Crippen LogP contribution in [0.2, 0.25) is 0 Å². The molecule has 1 heterocycles. The van der Waals surface area contributed by atoms with Crippen molar-refractivity contribution in [2.45, 2.75) is 45.5 Å². The van der Waals surface area contributed by atoms with Crippen LogP contribution < -0.4 is 5.32 Å². The van der Waals surface area contributed by atoms with Gasteiger partial charge in [-0.15, -0.1) is 0 Å². The lowest BCUT2D eigenvalue weighted by atomic mass is 10.0. The number of carbonyl (C=O) groups is 1. The van der Waals surface area contributed by atoms with Crippen molar-refractivity contribution in [3.05, 3.63) is 70.3 Å². The van der Waals surface area contributed by atoms with Gasteiger partial charge in [0.15, 0.2) is 0 Å². The van der Waals surface area contributed by atoms with Crippen LogP contribution in [0.1, 0.15) is 46.7 Å². The average Bonchev–Trinajstić information content (AvgIpc) is 3.05. The molecule has 1 fully saturated rings. The summed E-state index contributed by atoms with van der Waals surface area (Å²) in [6.45, 7) is 5.61. The lowest BCUT2D eigenvalue weighted by Crippen LogP contribution is -2.36. The summed E-state index contributed by atoms with van der Waals surface area (Å²) < 4.78 is 39.4. The van der Waals surface area contributed by atoms with Gasteiger partial charge < -0.3 is 10.2 Å². The van der Waals surface area contributed by atoms with Crippen molar-refractivity contribution in [3.8, 4) is 0 Å². The van der Waals surface area contributed by atoms with Crippen LogP contribution in [0.4, 0.5) is 13.2 Å². The van der Waals surface area contributed by atoms with E-state index in [1.165, 1.54) is 23.3 Å². The average molecular weight is 390 g/mol. The van der Waals surface area contributed by atoms with Crippen LogP contribution in [0.15, 0.2) is 42.5 Å². The van der Waals surface area contributed by atoms with Gasteiger partial charge in [-0.1, -0.05) is 30.3 Å². The van der Waals surface area contributed by atoms with E-state index in [-0.39, 0.29) is 11.9 Å². The Hall–Kier alpha value is -2.34. The monoisotopic (exact) mass is 390 g/mol. The molecule has 1 unspecified atom stereocenters. The second kappa shape index (κ2) is 8.35. The Morgan fingerprint density at radius 1 is 1.11 bits per heavy atom. The summed E-state index contributed by atoms with van der Waals surface area (Å²) in [5.41, 5.74) is 3.30. The fraction of sp³-hybridized carbons (Fsp3) is 0.409. The first kappa shape index (κ1) is 20.4. The molecule has 1 aliphatic rings. The zero-order chi connectivity index (χ0) is 20.3. The molecule has 0 aromatic heterocycles. The third-order valence-corrected chi connectivity index (χ3v) is 5.31. The lowest BCUT2D eigenvalue weighted by molar-refractivity contribution is -0.137. The second-order valence-corrected chi connectivity index (χ2v) is 7.42. The molecular formula is C22H25F3N2O. The van der Waals surface area contributed by atoms with Gasteiger partial charge in [0, 0.05) is 26.1 Å². The number of aryl methyl sites for hydroxylation is 2. The number of benzene rings is 2. The van der Waals surface area contributed by atoms with Gasteiger partial charge >= 0.3 is 6.18 Å². The Bertz CT molecular complexity index is 848. The molecule has 1 atom stereocenters. The first-order chi connectivity index (χ1) is 13.2. The summed E-state index contributed by atoms with van der Waals surface area (Å²) in [6.07, 6.45) is -3.09.